The van der Waals surface area contributed by atoms with Crippen LogP contribution in [0.15, 0.2) is 47.9 Å². The quantitative estimate of drug-likeness (QED) is 0.452. The Labute approximate surface area is 199 Å². The lowest BCUT2D eigenvalue weighted by Crippen LogP contribution is -2.45. The van der Waals surface area contributed by atoms with Gasteiger partial charge in [-0.2, -0.15) is 0 Å². The fraction of sp³-hybridized carbons (Fsp3) is 0.480. The molecule has 0 radical (unpaired) electrons. The SMILES string of the molecule is C=C(C)OC(=O)N1CCC(C2NC(=O)C(C(=O)Nc3ccc(N4CCCCC4)cc3)=C2O)CC1. The number of amides is 3. The first kappa shape index (κ1) is 23.7. The second-order valence-electron chi connectivity index (χ2n) is 9.15. The molecule has 182 valence electrons. The van der Waals surface area contributed by atoms with E-state index in [2.05, 4.69) is 22.1 Å². The predicted octanol–water partition coefficient (Wildman–Crippen LogP) is 3.31. The average molecular weight is 469 g/mol. The lowest BCUT2D eigenvalue weighted by Gasteiger charge is -2.34. The third-order valence-electron chi connectivity index (χ3n) is 6.67. The number of carbonyl (C=O) groups is 3. The fourth-order valence-corrected chi connectivity index (χ4v) is 4.84. The minimum atomic E-state index is -0.644. The molecule has 4 rings (SSSR count). The number of aliphatic hydroxyl groups excluding tert-OH is 1. The van der Waals surface area contributed by atoms with Crippen LogP contribution < -0.4 is 15.5 Å². The van der Waals surface area contributed by atoms with Crippen LogP contribution in [0, 0.1) is 5.92 Å². The smallest absolute Gasteiger partial charge is 0.414 e. The summed E-state index contributed by atoms with van der Waals surface area (Å²) in [5, 5.41) is 16.2. The molecule has 1 aromatic carbocycles. The molecule has 0 spiro atoms. The number of anilines is 2. The largest absolute Gasteiger partial charge is 0.509 e. The summed E-state index contributed by atoms with van der Waals surface area (Å²) in [5.41, 5.74) is 1.41. The van der Waals surface area contributed by atoms with Crippen LogP contribution >= 0.6 is 0 Å². The van der Waals surface area contributed by atoms with E-state index in [4.69, 9.17) is 4.74 Å². The van der Waals surface area contributed by atoms with Crippen molar-refractivity contribution in [2.45, 2.75) is 45.1 Å². The van der Waals surface area contributed by atoms with Gasteiger partial charge in [0.1, 0.15) is 11.3 Å². The van der Waals surface area contributed by atoms with Gasteiger partial charge in [-0.1, -0.05) is 6.58 Å². The number of hydrogen-bond donors (Lipinski definition) is 3. The Morgan fingerprint density at radius 3 is 2.35 bits per heavy atom. The van der Waals surface area contributed by atoms with Crippen LogP contribution in [0.1, 0.15) is 39.0 Å². The summed E-state index contributed by atoms with van der Waals surface area (Å²) in [5.74, 6) is -1.23. The van der Waals surface area contributed by atoms with Crippen molar-refractivity contribution >= 4 is 29.3 Å². The number of benzene rings is 1. The normalized spacial score (nSPS) is 21.3. The number of piperidine rings is 2. The Morgan fingerprint density at radius 2 is 1.74 bits per heavy atom. The first-order chi connectivity index (χ1) is 16.3. The van der Waals surface area contributed by atoms with Crippen molar-refractivity contribution in [3.8, 4) is 0 Å². The van der Waals surface area contributed by atoms with E-state index in [1.165, 1.54) is 19.3 Å². The summed E-state index contributed by atoms with van der Waals surface area (Å²) in [6, 6.07) is 6.89. The number of allylic oxidation sites excluding steroid dienone is 1. The van der Waals surface area contributed by atoms with Crippen LogP contribution in [-0.4, -0.2) is 60.1 Å². The number of rotatable bonds is 5. The highest BCUT2D eigenvalue weighted by Gasteiger charge is 2.41. The molecule has 34 heavy (non-hydrogen) atoms. The van der Waals surface area contributed by atoms with Crippen LogP contribution in [-0.2, 0) is 14.3 Å². The predicted molar refractivity (Wildman–Crippen MR) is 128 cm³/mol. The number of ether oxygens (including phenoxy) is 1. The zero-order valence-corrected chi connectivity index (χ0v) is 19.5. The molecule has 2 saturated heterocycles. The molecule has 3 heterocycles. The van der Waals surface area contributed by atoms with Gasteiger partial charge in [0.25, 0.3) is 11.8 Å². The second-order valence-corrected chi connectivity index (χ2v) is 9.15. The minimum Gasteiger partial charge on any atom is -0.509 e. The Kier molecular flexibility index (Phi) is 7.09. The van der Waals surface area contributed by atoms with Gasteiger partial charge < -0.3 is 30.3 Å². The van der Waals surface area contributed by atoms with Crippen molar-refractivity contribution in [3.63, 3.8) is 0 Å². The van der Waals surface area contributed by atoms with Crippen molar-refractivity contribution in [1.29, 1.82) is 0 Å². The summed E-state index contributed by atoms with van der Waals surface area (Å²) in [4.78, 5) is 41.3. The molecule has 1 unspecified atom stereocenters. The van der Waals surface area contributed by atoms with Gasteiger partial charge in [-0.15, -0.1) is 0 Å². The number of carbonyl (C=O) groups excluding carboxylic acids is 3. The molecule has 9 nitrogen and oxygen atoms in total. The molecule has 1 aromatic rings. The minimum absolute atomic E-state index is 0.0908. The topological polar surface area (TPSA) is 111 Å². The van der Waals surface area contributed by atoms with Crippen LogP contribution in [0.2, 0.25) is 0 Å². The number of nitrogens with one attached hydrogen (secondary N) is 2. The Bertz CT molecular complexity index is 989. The Morgan fingerprint density at radius 1 is 1.09 bits per heavy atom. The molecule has 0 aromatic heterocycles. The molecule has 3 N–H and O–H groups in total. The van der Waals surface area contributed by atoms with Crippen molar-refractivity contribution in [2.24, 2.45) is 5.92 Å². The summed E-state index contributed by atoms with van der Waals surface area (Å²) in [6.07, 6.45) is 4.29. The van der Waals surface area contributed by atoms with Gasteiger partial charge in [-0.05, 0) is 69.2 Å². The third-order valence-corrected chi connectivity index (χ3v) is 6.67. The Hall–Kier alpha value is -3.49. The maximum atomic E-state index is 12.8. The average Bonchev–Trinajstić information content (AvgIpc) is 3.13. The lowest BCUT2D eigenvalue weighted by molar-refractivity contribution is -0.121. The first-order valence-corrected chi connectivity index (χ1v) is 11.9. The number of likely N-dealkylation sites (tertiary alicyclic amines) is 1. The lowest BCUT2D eigenvalue weighted by atomic mass is 9.89. The zero-order valence-electron chi connectivity index (χ0n) is 19.5. The molecule has 0 bridgehead atoms. The zero-order chi connectivity index (χ0) is 24.2. The van der Waals surface area contributed by atoms with Gasteiger partial charge in [0.05, 0.1) is 11.8 Å². The van der Waals surface area contributed by atoms with Gasteiger partial charge in [0.2, 0.25) is 0 Å². The van der Waals surface area contributed by atoms with Gasteiger partial charge in [-0.3, -0.25) is 9.59 Å². The van der Waals surface area contributed by atoms with Gasteiger partial charge in [0, 0.05) is 37.6 Å². The van der Waals surface area contributed by atoms with Crippen molar-refractivity contribution in [3.05, 3.63) is 47.9 Å². The molecule has 1 atom stereocenters. The highest BCUT2D eigenvalue weighted by molar-refractivity contribution is 6.24. The van der Waals surface area contributed by atoms with Crippen LogP contribution in [0.5, 0.6) is 0 Å². The van der Waals surface area contributed by atoms with E-state index in [9.17, 15) is 19.5 Å². The van der Waals surface area contributed by atoms with Crippen LogP contribution in [0.4, 0.5) is 16.2 Å². The highest BCUT2D eigenvalue weighted by Crippen LogP contribution is 2.30. The van der Waals surface area contributed by atoms with E-state index in [0.29, 0.717) is 37.4 Å². The van der Waals surface area contributed by atoms with Crippen molar-refractivity contribution in [1.82, 2.24) is 10.2 Å². The molecule has 3 aliphatic heterocycles. The van der Waals surface area contributed by atoms with E-state index >= 15 is 0 Å². The second kappa shape index (κ2) is 10.2. The van der Waals surface area contributed by atoms with E-state index < -0.39 is 23.9 Å². The van der Waals surface area contributed by atoms with Gasteiger partial charge >= 0.3 is 6.09 Å². The van der Waals surface area contributed by atoms with E-state index in [1.54, 1.807) is 11.8 Å². The summed E-state index contributed by atoms with van der Waals surface area (Å²) in [7, 11) is 0. The Balaban J connectivity index is 1.36. The van der Waals surface area contributed by atoms with Crippen molar-refractivity contribution < 1.29 is 24.2 Å². The van der Waals surface area contributed by atoms with E-state index in [0.717, 1.165) is 18.8 Å². The molecule has 0 aliphatic carbocycles. The number of nitrogens with zero attached hydrogens (tertiary/aromatic N) is 2. The highest BCUT2D eigenvalue weighted by atomic mass is 16.6. The monoisotopic (exact) mass is 468 g/mol. The van der Waals surface area contributed by atoms with Crippen LogP contribution in [0.25, 0.3) is 0 Å². The molecule has 0 saturated carbocycles. The third kappa shape index (κ3) is 5.18. The maximum Gasteiger partial charge on any atom is 0.414 e. The first-order valence-electron chi connectivity index (χ1n) is 11.9. The summed E-state index contributed by atoms with van der Waals surface area (Å²) < 4.78 is 5.04. The molecule has 9 heteroatoms. The van der Waals surface area contributed by atoms with Gasteiger partial charge in [-0.25, -0.2) is 4.79 Å². The fourth-order valence-electron chi connectivity index (χ4n) is 4.84. The molecule has 3 amide bonds. The number of aliphatic hydroxyl groups is 1. The van der Waals surface area contributed by atoms with Crippen LogP contribution in [0.3, 0.4) is 0 Å². The molecular weight excluding hydrogens is 436 g/mol. The van der Waals surface area contributed by atoms with E-state index in [-0.39, 0.29) is 17.3 Å². The maximum absolute atomic E-state index is 12.8. The number of hydrogen-bond acceptors (Lipinski definition) is 6. The van der Waals surface area contributed by atoms with E-state index in [1.807, 2.05) is 24.3 Å². The van der Waals surface area contributed by atoms with Gasteiger partial charge in [0.15, 0.2) is 0 Å². The van der Waals surface area contributed by atoms with Crippen molar-refractivity contribution in [2.75, 3.05) is 36.4 Å². The molecular formula is C25H32N4O5. The summed E-state index contributed by atoms with van der Waals surface area (Å²) >= 11 is 0. The standard InChI is InChI=1S/C25H32N4O5/c1-16(2)34-25(33)29-14-10-17(11-15-29)21-22(30)20(24(32)27-21)23(31)26-18-6-8-19(9-7-18)28-12-4-3-5-13-28/h6-9,17,21,30H,1,3-5,10-15H2,2H3,(H,26,31)(H,27,32). The summed E-state index contributed by atoms with van der Waals surface area (Å²) in [6.45, 7) is 8.10. The molecule has 2 fully saturated rings. The molecule has 3 aliphatic rings.